The first-order valence-electron chi connectivity index (χ1n) is 9.68. The van der Waals surface area contributed by atoms with Gasteiger partial charge < -0.3 is 4.90 Å². The summed E-state index contributed by atoms with van der Waals surface area (Å²) in [6.45, 7) is 7.74. The number of piperazine rings is 1. The highest BCUT2D eigenvalue weighted by molar-refractivity contribution is 7.89. The molecule has 3 aromatic rings. The average molecular weight is 494 g/mol. The van der Waals surface area contributed by atoms with Gasteiger partial charge >= 0.3 is 0 Å². The van der Waals surface area contributed by atoms with Crippen molar-refractivity contribution in [2.45, 2.75) is 11.8 Å². The molecule has 162 valence electrons. The van der Waals surface area contributed by atoms with Crippen LogP contribution in [-0.4, -0.2) is 43.9 Å². The van der Waals surface area contributed by atoms with Gasteiger partial charge in [-0.2, -0.15) is 4.31 Å². The van der Waals surface area contributed by atoms with Crippen molar-refractivity contribution in [2.24, 2.45) is 0 Å². The van der Waals surface area contributed by atoms with E-state index in [2.05, 4.69) is 11.5 Å². The molecule has 1 aliphatic rings. The molecule has 0 aliphatic carbocycles. The molecule has 0 spiro atoms. The van der Waals surface area contributed by atoms with Gasteiger partial charge in [0.15, 0.2) is 5.13 Å². The van der Waals surface area contributed by atoms with Crippen LogP contribution in [0.15, 0.2) is 59.3 Å². The molecule has 9 heteroatoms. The summed E-state index contributed by atoms with van der Waals surface area (Å²) in [5.74, 6) is 0. The summed E-state index contributed by atoms with van der Waals surface area (Å²) >= 11 is 13.8. The van der Waals surface area contributed by atoms with Gasteiger partial charge in [-0.15, -0.1) is 11.3 Å². The molecule has 1 aromatic heterocycles. The lowest BCUT2D eigenvalue weighted by molar-refractivity contribution is 0.384. The smallest absolute Gasteiger partial charge is 0.244 e. The zero-order chi connectivity index (χ0) is 22.2. The number of rotatable bonds is 5. The average Bonchev–Trinajstić information content (AvgIpc) is 3.26. The quantitative estimate of drug-likeness (QED) is 0.481. The van der Waals surface area contributed by atoms with E-state index >= 15 is 0 Å². The van der Waals surface area contributed by atoms with Crippen LogP contribution in [0.5, 0.6) is 0 Å². The van der Waals surface area contributed by atoms with E-state index in [9.17, 15) is 8.42 Å². The Morgan fingerprint density at radius 2 is 1.74 bits per heavy atom. The molecule has 5 nitrogen and oxygen atoms in total. The summed E-state index contributed by atoms with van der Waals surface area (Å²) in [4.78, 5) is 6.93. The van der Waals surface area contributed by atoms with Crippen molar-refractivity contribution < 1.29 is 8.42 Å². The summed E-state index contributed by atoms with van der Waals surface area (Å²) in [6.07, 6.45) is 0. The third-order valence-electron chi connectivity index (χ3n) is 5.26. The predicted molar refractivity (Wildman–Crippen MR) is 129 cm³/mol. The molecule has 2 heterocycles. The Bertz CT molecular complexity index is 1220. The third kappa shape index (κ3) is 4.52. The van der Waals surface area contributed by atoms with Gasteiger partial charge in [0.05, 0.1) is 10.7 Å². The molecular weight excluding hydrogens is 473 g/mol. The van der Waals surface area contributed by atoms with Crippen molar-refractivity contribution in [1.82, 2.24) is 9.29 Å². The fourth-order valence-electron chi connectivity index (χ4n) is 3.42. The monoisotopic (exact) mass is 493 g/mol. The van der Waals surface area contributed by atoms with Gasteiger partial charge in [-0.3, -0.25) is 0 Å². The first-order chi connectivity index (χ1) is 14.8. The second-order valence-corrected chi connectivity index (χ2v) is 10.8. The minimum absolute atomic E-state index is 0.0974. The normalized spacial score (nSPS) is 15.3. The van der Waals surface area contributed by atoms with Crippen LogP contribution in [0.4, 0.5) is 5.13 Å². The standard InChI is InChI=1S/C22H21Cl2N3O2S2/c1-15-12-21(19(24)13-18(15)23)31(28,29)27-10-8-26(9-11-27)22-25-20(14-30-22)16(2)17-6-4-3-5-7-17/h3-7,12-14H,2,8-11H2,1H3. The molecule has 4 rings (SSSR count). The Morgan fingerprint density at radius 3 is 2.42 bits per heavy atom. The van der Waals surface area contributed by atoms with E-state index in [0.717, 1.165) is 22.0 Å². The second kappa shape index (κ2) is 8.92. The summed E-state index contributed by atoms with van der Waals surface area (Å²) in [5.41, 5.74) is 3.42. The van der Waals surface area contributed by atoms with Crippen LogP contribution in [0.1, 0.15) is 16.8 Å². The molecule has 0 saturated carbocycles. The SMILES string of the molecule is C=C(c1ccccc1)c1csc(N2CCN(S(=O)(=O)c3cc(C)c(Cl)cc3Cl)CC2)n1. The molecule has 0 atom stereocenters. The van der Waals surface area contributed by atoms with E-state index in [-0.39, 0.29) is 9.92 Å². The Hall–Kier alpha value is -1.90. The Morgan fingerprint density at radius 1 is 1.06 bits per heavy atom. The number of sulfonamides is 1. The number of nitrogens with zero attached hydrogens (tertiary/aromatic N) is 3. The van der Waals surface area contributed by atoms with Gasteiger partial charge in [-0.05, 0) is 30.2 Å². The molecule has 1 fully saturated rings. The van der Waals surface area contributed by atoms with Crippen LogP contribution in [-0.2, 0) is 10.0 Å². The largest absolute Gasteiger partial charge is 0.345 e. The number of halogens is 2. The molecule has 0 bridgehead atoms. The lowest BCUT2D eigenvalue weighted by atomic mass is 10.1. The number of aryl methyl sites for hydroxylation is 1. The van der Waals surface area contributed by atoms with Crippen molar-refractivity contribution in [3.05, 3.63) is 81.3 Å². The van der Waals surface area contributed by atoms with Crippen molar-refractivity contribution in [2.75, 3.05) is 31.1 Å². The van der Waals surface area contributed by atoms with Crippen molar-refractivity contribution in [3.8, 4) is 0 Å². The highest BCUT2D eigenvalue weighted by Crippen LogP contribution is 2.32. The van der Waals surface area contributed by atoms with Crippen LogP contribution in [0.25, 0.3) is 5.57 Å². The molecule has 1 saturated heterocycles. The molecular formula is C22H21Cl2N3O2S2. The maximum atomic E-state index is 13.1. The van der Waals surface area contributed by atoms with Crippen LogP contribution in [0.2, 0.25) is 10.0 Å². The van der Waals surface area contributed by atoms with Gasteiger partial charge in [0.1, 0.15) is 4.90 Å². The van der Waals surface area contributed by atoms with E-state index in [0.29, 0.717) is 36.8 Å². The second-order valence-electron chi connectivity index (χ2n) is 7.28. The van der Waals surface area contributed by atoms with E-state index in [4.69, 9.17) is 28.2 Å². The van der Waals surface area contributed by atoms with Crippen LogP contribution in [0, 0.1) is 6.92 Å². The zero-order valence-electron chi connectivity index (χ0n) is 16.9. The van der Waals surface area contributed by atoms with Crippen molar-refractivity contribution in [3.63, 3.8) is 0 Å². The molecule has 1 aliphatic heterocycles. The minimum Gasteiger partial charge on any atom is -0.345 e. The number of hydrogen-bond acceptors (Lipinski definition) is 5. The lowest BCUT2D eigenvalue weighted by Gasteiger charge is -2.34. The minimum atomic E-state index is -3.70. The van der Waals surface area contributed by atoms with Crippen LogP contribution >= 0.6 is 34.5 Å². The first-order valence-corrected chi connectivity index (χ1v) is 12.8. The van der Waals surface area contributed by atoms with Crippen LogP contribution in [0.3, 0.4) is 0 Å². The van der Waals surface area contributed by atoms with E-state index < -0.39 is 10.0 Å². The van der Waals surface area contributed by atoms with Gasteiger partial charge in [-0.25, -0.2) is 13.4 Å². The third-order valence-corrected chi connectivity index (χ3v) is 8.94. The Kier molecular flexibility index (Phi) is 6.42. The number of thiazole rings is 1. The van der Waals surface area contributed by atoms with E-state index in [1.165, 1.54) is 16.4 Å². The Labute approximate surface area is 196 Å². The summed E-state index contributed by atoms with van der Waals surface area (Å²) in [6, 6.07) is 13.0. The van der Waals surface area contributed by atoms with Crippen molar-refractivity contribution >= 4 is 55.3 Å². The van der Waals surface area contributed by atoms with Gasteiger partial charge in [0.25, 0.3) is 0 Å². The highest BCUT2D eigenvalue weighted by Gasteiger charge is 2.31. The maximum Gasteiger partial charge on any atom is 0.244 e. The first kappa shape index (κ1) is 22.3. The Balaban J connectivity index is 1.46. The van der Waals surface area contributed by atoms with Gasteiger partial charge in [0.2, 0.25) is 10.0 Å². The fourth-order valence-corrected chi connectivity index (χ4v) is 6.55. The zero-order valence-corrected chi connectivity index (χ0v) is 20.0. The van der Waals surface area contributed by atoms with Crippen molar-refractivity contribution in [1.29, 1.82) is 0 Å². The molecule has 2 aromatic carbocycles. The van der Waals surface area contributed by atoms with E-state index in [1.807, 2.05) is 35.7 Å². The fraction of sp³-hybridized carbons (Fsp3) is 0.227. The maximum absolute atomic E-state index is 13.1. The summed E-state index contributed by atoms with van der Waals surface area (Å²) in [7, 11) is -3.70. The van der Waals surface area contributed by atoms with Crippen LogP contribution < -0.4 is 4.90 Å². The van der Waals surface area contributed by atoms with E-state index in [1.54, 1.807) is 18.3 Å². The number of benzene rings is 2. The predicted octanol–water partition coefficient (Wildman–Crippen LogP) is 5.33. The molecule has 0 N–H and O–H groups in total. The summed E-state index contributed by atoms with van der Waals surface area (Å²) in [5, 5.41) is 3.45. The number of aromatic nitrogens is 1. The topological polar surface area (TPSA) is 53.5 Å². The number of hydrogen-bond donors (Lipinski definition) is 0. The highest BCUT2D eigenvalue weighted by atomic mass is 35.5. The van der Waals surface area contributed by atoms with Gasteiger partial charge in [0, 0.05) is 42.2 Å². The molecule has 0 unspecified atom stereocenters. The molecule has 0 radical (unpaired) electrons. The van der Waals surface area contributed by atoms with Gasteiger partial charge in [-0.1, -0.05) is 60.1 Å². The molecule has 0 amide bonds. The number of anilines is 1. The summed E-state index contributed by atoms with van der Waals surface area (Å²) < 4.78 is 27.7. The lowest BCUT2D eigenvalue weighted by Crippen LogP contribution is -2.48. The molecule has 31 heavy (non-hydrogen) atoms.